The van der Waals surface area contributed by atoms with Gasteiger partial charge in [0.05, 0.1) is 6.26 Å². The minimum atomic E-state index is -3.25. The maximum Gasteiger partial charge on any atom is 0.250 e. The van der Waals surface area contributed by atoms with Gasteiger partial charge in [0.25, 0.3) is 0 Å². The van der Waals surface area contributed by atoms with E-state index in [1.165, 1.54) is 6.21 Å². The molecule has 0 N–H and O–H groups in total. The summed E-state index contributed by atoms with van der Waals surface area (Å²) in [5.74, 6) is 0. The second kappa shape index (κ2) is 3.49. The molecule has 1 aromatic rings. The van der Waals surface area contributed by atoms with Crippen molar-refractivity contribution >= 4 is 16.2 Å². The zero-order valence-corrected chi connectivity index (χ0v) is 7.45. The molecule has 0 atom stereocenters. The van der Waals surface area contributed by atoms with E-state index < -0.39 is 10.0 Å². The number of rotatable bonds is 2. The van der Waals surface area contributed by atoms with E-state index in [2.05, 4.69) is 4.40 Å². The molecule has 0 unspecified atom stereocenters. The van der Waals surface area contributed by atoms with Gasteiger partial charge in [-0.25, -0.2) is 8.42 Å². The first-order valence-electron chi connectivity index (χ1n) is 3.38. The van der Waals surface area contributed by atoms with Gasteiger partial charge in [0.1, 0.15) is 0 Å². The fraction of sp³-hybridized carbons (Fsp3) is 0.125. The second-order valence-electron chi connectivity index (χ2n) is 2.38. The van der Waals surface area contributed by atoms with Crippen molar-refractivity contribution in [3.05, 3.63) is 35.9 Å². The fourth-order valence-corrected chi connectivity index (χ4v) is 1.01. The molecule has 4 heteroatoms. The Hall–Kier alpha value is -1.16. The van der Waals surface area contributed by atoms with E-state index in [-0.39, 0.29) is 0 Å². The number of benzene rings is 1. The standard InChI is InChI=1S/C8H9NO2S/c1-12(10,11)9-7-8-5-3-2-4-6-8/h2-7H,1H3/b9-7+. The van der Waals surface area contributed by atoms with Crippen LogP contribution in [0.25, 0.3) is 0 Å². The smallest absolute Gasteiger partial charge is 0.205 e. The van der Waals surface area contributed by atoms with Crippen LogP contribution < -0.4 is 0 Å². The largest absolute Gasteiger partial charge is 0.250 e. The molecule has 1 aromatic carbocycles. The molecule has 0 aliphatic heterocycles. The van der Waals surface area contributed by atoms with Crippen LogP contribution in [0, 0.1) is 0 Å². The molecule has 0 saturated carbocycles. The molecule has 0 radical (unpaired) electrons. The van der Waals surface area contributed by atoms with Crippen molar-refractivity contribution in [3.8, 4) is 0 Å². The molecule has 12 heavy (non-hydrogen) atoms. The van der Waals surface area contributed by atoms with Gasteiger partial charge in [-0.05, 0) is 5.56 Å². The third-order valence-corrected chi connectivity index (χ3v) is 1.68. The van der Waals surface area contributed by atoms with Crippen LogP contribution in [-0.2, 0) is 10.0 Å². The Morgan fingerprint density at radius 1 is 1.25 bits per heavy atom. The van der Waals surface area contributed by atoms with Crippen LogP contribution in [0.5, 0.6) is 0 Å². The molecule has 0 spiro atoms. The summed E-state index contributed by atoms with van der Waals surface area (Å²) in [6.07, 6.45) is 2.39. The van der Waals surface area contributed by atoms with Gasteiger partial charge < -0.3 is 0 Å². The average Bonchev–Trinajstić information content (AvgIpc) is 2.02. The number of hydrogen-bond acceptors (Lipinski definition) is 2. The molecule has 0 saturated heterocycles. The number of sulfonamides is 1. The first-order chi connectivity index (χ1) is 5.58. The summed E-state index contributed by atoms with van der Waals surface area (Å²) < 4.78 is 24.6. The van der Waals surface area contributed by atoms with E-state index in [1.807, 2.05) is 18.2 Å². The van der Waals surface area contributed by atoms with E-state index in [9.17, 15) is 8.42 Å². The van der Waals surface area contributed by atoms with Crippen LogP contribution in [0.3, 0.4) is 0 Å². The summed E-state index contributed by atoms with van der Waals surface area (Å²) in [6.45, 7) is 0. The maximum atomic E-state index is 10.6. The zero-order valence-electron chi connectivity index (χ0n) is 6.64. The van der Waals surface area contributed by atoms with Gasteiger partial charge in [0.2, 0.25) is 10.0 Å². The highest BCUT2D eigenvalue weighted by Gasteiger charge is 1.92. The van der Waals surface area contributed by atoms with Crippen LogP contribution in [-0.4, -0.2) is 20.9 Å². The van der Waals surface area contributed by atoms with E-state index in [4.69, 9.17) is 0 Å². The minimum Gasteiger partial charge on any atom is -0.205 e. The summed E-state index contributed by atoms with van der Waals surface area (Å²) in [6, 6.07) is 9.08. The number of nitrogens with zero attached hydrogens (tertiary/aromatic N) is 1. The highest BCUT2D eigenvalue weighted by molar-refractivity contribution is 7.89. The lowest BCUT2D eigenvalue weighted by Crippen LogP contribution is -1.91. The molecule has 0 aliphatic rings. The first-order valence-corrected chi connectivity index (χ1v) is 5.23. The molecule has 0 amide bonds. The molecule has 64 valence electrons. The maximum absolute atomic E-state index is 10.6. The average molecular weight is 183 g/mol. The van der Waals surface area contributed by atoms with Gasteiger partial charge in [0.15, 0.2) is 0 Å². The normalized spacial score (nSPS) is 12.1. The molecular weight excluding hydrogens is 174 g/mol. The van der Waals surface area contributed by atoms with Gasteiger partial charge in [-0.3, -0.25) is 0 Å². The zero-order chi connectivity index (χ0) is 9.03. The summed E-state index contributed by atoms with van der Waals surface area (Å²) in [5.41, 5.74) is 0.780. The van der Waals surface area contributed by atoms with Crippen molar-refractivity contribution in [1.29, 1.82) is 0 Å². The van der Waals surface area contributed by atoms with Crippen molar-refractivity contribution < 1.29 is 8.42 Å². The molecule has 0 aliphatic carbocycles. The third kappa shape index (κ3) is 3.30. The van der Waals surface area contributed by atoms with Gasteiger partial charge in [-0.1, -0.05) is 30.3 Å². The molecule has 0 aromatic heterocycles. The van der Waals surface area contributed by atoms with Crippen molar-refractivity contribution in [2.24, 2.45) is 4.40 Å². The topological polar surface area (TPSA) is 46.5 Å². The van der Waals surface area contributed by atoms with E-state index >= 15 is 0 Å². The van der Waals surface area contributed by atoms with Crippen molar-refractivity contribution in [2.45, 2.75) is 0 Å². The van der Waals surface area contributed by atoms with Crippen LogP contribution in [0.1, 0.15) is 5.56 Å². The summed E-state index contributed by atoms with van der Waals surface area (Å²) in [5, 5.41) is 0. The predicted octanol–water partition coefficient (Wildman–Crippen LogP) is 1.07. The van der Waals surface area contributed by atoms with Gasteiger partial charge in [-0.2, -0.15) is 4.40 Å². The molecule has 1 rings (SSSR count). The van der Waals surface area contributed by atoms with Crippen LogP contribution in [0.2, 0.25) is 0 Å². The quantitative estimate of drug-likeness (QED) is 0.644. The second-order valence-corrected chi connectivity index (χ2v) is 4.06. The SMILES string of the molecule is CS(=O)(=O)/N=C/c1ccccc1. The molecule has 0 bridgehead atoms. The van der Waals surface area contributed by atoms with E-state index in [0.29, 0.717) is 0 Å². The summed E-state index contributed by atoms with van der Waals surface area (Å²) >= 11 is 0. The fourth-order valence-electron chi connectivity index (χ4n) is 0.696. The predicted molar refractivity (Wildman–Crippen MR) is 48.9 cm³/mol. The summed E-state index contributed by atoms with van der Waals surface area (Å²) in [7, 11) is -3.25. The molecule has 0 heterocycles. The van der Waals surface area contributed by atoms with Gasteiger partial charge >= 0.3 is 0 Å². The Labute approximate surface area is 71.8 Å². The Morgan fingerprint density at radius 3 is 2.33 bits per heavy atom. The molecular formula is C8H9NO2S. The Morgan fingerprint density at radius 2 is 1.83 bits per heavy atom. The summed E-state index contributed by atoms with van der Waals surface area (Å²) in [4.78, 5) is 0. The van der Waals surface area contributed by atoms with Crippen LogP contribution in [0.4, 0.5) is 0 Å². The lowest BCUT2D eigenvalue weighted by Gasteiger charge is -1.89. The lowest BCUT2D eigenvalue weighted by molar-refractivity contribution is 0.604. The van der Waals surface area contributed by atoms with Crippen molar-refractivity contribution in [2.75, 3.05) is 6.26 Å². The van der Waals surface area contributed by atoms with E-state index in [0.717, 1.165) is 11.8 Å². The molecule has 0 fully saturated rings. The lowest BCUT2D eigenvalue weighted by atomic mass is 10.2. The monoisotopic (exact) mass is 183 g/mol. The molecule has 3 nitrogen and oxygen atoms in total. The van der Waals surface area contributed by atoms with Gasteiger partial charge in [0, 0.05) is 6.21 Å². The number of hydrogen-bond donors (Lipinski definition) is 0. The van der Waals surface area contributed by atoms with Crippen LogP contribution in [0.15, 0.2) is 34.7 Å². The van der Waals surface area contributed by atoms with Crippen molar-refractivity contribution in [1.82, 2.24) is 0 Å². The Kier molecular flexibility index (Phi) is 2.60. The highest BCUT2D eigenvalue weighted by Crippen LogP contribution is 1.95. The van der Waals surface area contributed by atoms with E-state index in [1.54, 1.807) is 12.1 Å². The highest BCUT2D eigenvalue weighted by atomic mass is 32.2. The Bertz CT molecular complexity index is 367. The first kappa shape index (κ1) is 8.93. The minimum absolute atomic E-state index is 0.780. The van der Waals surface area contributed by atoms with Crippen molar-refractivity contribution in [3.63, 3.8) is 0 Å². The van der Waals surface area contributed by atoms with Gasteiger partial charge in [-0.15, -0.1) is 0 Å². The Balaban J connectivity index is 2.85. The van der Waals surface area contributed by atoms with Crippen LogP contribution >= 0.6 is 0 Å². The third-order valence-electron chi connectivity index (χ3n) is 1.19.